The second-order valence-electron chi connectivity index (χ2n) is 5.14. The van der Waals surface area contributed by atoms with Gasteiger partial charge < -0.3 is 5.32 Å². The molecule has 0 atom stereocenters. The summed E-state index contributed by atoms with van der Waals surface area (Å²) in [6, 6.07) is 7.21. The van der Waals surface area contributed by atoms with Gasteiger partial charge in [-0.3, -0.25) is 9.10 Å². The highest BCUT2D eigenvalue weighted by molar-refractivity contribution is 7.92. The Kier molecular flexibility index (Phi) is 6.20. The summed E-state index contributed by atoms with van der Waals surface area (Å²) < 4.78 is 25.1. The summed E-state index contributed by atoms with van der Waals surface area (Å²) in [7, 11) is -3.51. The zero-order valence-corrected chi connectivity index (χ0v) is 13.9. The molecule has 6 heteroatoms. The largest absolute Gasteiger partial charge is 0.352 e. The number of hydrogen-bond donors (Lipinski definition) is 1. The van der Waals surface area contributed by atoms with Crippen LogP contribution >= 0.6 is 0 Å². The average Bonchev–Trinajstić information content (AvgIpc) is 2.42. The number of rotatable bonds is 7. The van der Waals surface area contributed by atoms with Crippen LogP contribution in [-0.2, 0) is 14.8 Å². The lowest BCUT2D eigenvalue weighted by Crippen LogP contribution is -2.44. The van der Waals surface area contributed by atoms with Crippen LogP contribution in [0.25, 0.3) is 0 Å². The normalized spacial score (nSPS) is 11.5. The Morgan fingerprint density at radius 3 is 2.29 bits per heavy atom. The number of carbonyl (C=O) groups excluding carboxylic acids is 1. The van der Waals surface area contributed by atoms with Crippen molar-refractivity contribution >= 4 is 21.6 Å². The number of amides is 1. The van der Waals surface area contributed by atoms with E-state index in [9.17, 15) is 13.2 Å². The van der Waals surface area contributed by atoms with E-state index in [1.807, 2.05) is 32.9 Å². The summed E-state index contributed by atoms with van der Waals surface area (Å²) >= 11 is 0. The van der Waals surface area contributed by atoms with E-state index in [1.54, 1.807) is 12.1 Å². The molecular formula is C15H24N2O3S. The van der Waals surface area contributed by atoms with Gasteiger partial charge in [0.2, 0.25) is 15.9 Å². The van der Waals surface area contributed by atoms with Gasteiger partial charge in [-0.2, -0.15) is 0 Å². The number of anilines is 1. The summed E-state index contributed by atoms with van der Waals surface area (Å²) in [6.07, 6.45) is 2.76. The van der Waals surface area contributed by atoms with Gasteiger partial charge in [-0.05, 0) is 31.4 Å². The van der Waals surface area contributed by atoms with E-state index < -0.39 is 10.0 Å². The van der Waals surface area contributed by atoms with Crippen LogP contribution in [0.1, 0.15) is 32.3 Å². The van der Waals surface area contributed by atoms with Crippen LogP contribution in [0, 0.1) is 6.92 Å². The molecule has 0 aliphatic carbocycles. The zero-order chi connectivity index (χ0) is 16.0. The van der Waals surface area contributed by atoms with Crippen LogP contribution in [0.3, 0.4) is 0 Å². The van der Waals surface area contributed by atoms with Gasteiger partial charge in [-0.15, -0.1) is 0 Å². The number of aryl methyl sites for hydroxylation is 1. The smallest absolute Gasteiger partial charge is 0.240 e. The predicted molar refractivity (Wildman–Crippen MR) is 85.9 cm³/mol. The fourth-order valence-corrected chi connectivity index (χ4v) is 3.03. The number of sulfonamides is 1. The van der Waals surface area contributed by atoms with Gasteiger partial charge in [0.25, 0.3) is 0 Å². The lowest BCUT2D eigenvalue weighted by Gasteiger charge is -2.24. The topological polar surface area (TPSA) is 66.5 Å². The van der Waals surface area contributed by atoms with Crippen LogP contribution < -0.4 is 9.62 Å². The average molecular weight is 312 g/mol. The van der Waals surface area contributed by atoms with Crippen molar-refractivity contribution in [3.05, 3.63) is 29.8 Å². The first kappa shape index (κ1) is 17.5. The molecule has 5 nitrogen and oxygen atoms in total. The maximum Gasteiger partial charge on any atom is 0.240 e. The highest BCUT2D eigenvalue weighted by atomic mass is 32.2. The molecule has 0 heterocycles. The summed E-state index contributed by atoms with van der Waals surface area (Å²) in [4.78, 5) is 12.1. The quantitative estimate of drug-likeness (QED) is 0.838. The lowest BCUT2D eigenvalue weighted by molar-refractivity contribution is -0.120. The van der Waals surface area contributed by atoms with Gasteiger partial charge in [0, 0.05) is 6.04 Å². The number of hydrogen-bond acceptors (Lipinski definition) is 3. The molecular weight excluding hydrogens is 288 g/mol. The lowest BCUT2D eigenvalue weighted by atomic mass is 10.2. The molecule has 1 amide bonds. The molecule has 1 rings (SSSR count). The second kappa shape index (κ2) is 7.45. The van der Waals surface area contributed by atoms with Crippen molar-refractivity contribution in [2.75, 3.05) is 17.1 Å². The molecule has 0 fully saturated rings. The molecule has 1 N–H and O–H groups in total. The number of carbonyl (C=O) groups is 1. The molecule has 1 aromatic rings. The van der Waals surface area contributed by atoms with Gasteiger partial charge in [0.05, 0.1) is 11.9 Å². The van der Waals surface area contributed by atoms with Gasteiger partial charge >= 0.3 is 0 Å². The number of para-hydroxylation sites is 1. The third kappa shape index (κ3) is 5.04. The summed E-state index contributed by atoms with van der Waals surface area (Å²) in [5.74, 6) is -0.280. The van der Waals surface area contributed by atoms with Crippen LogP contribution in [0.4, 0.5) is 5.69 Å². The molecule has 1 aromatic carbocycles. The Hall–Kier alpha value is -1.56. The van der Waals surface area contributed by atoms with E-state index in [2.05, 4.69) is 5.32 Å². The summed E-state index contributed by atoms with van der Waals surface area (Å²) in [5.41, 5.74) is 1.36. The first-order chi connectivity index (χ1) is 9.79. The Bertz CT molecular complexity index is 580. The fourth-order valence-electron chi connectivity index (χ4n) is 2.12. The summed E-state index contributed by atoms with van der Waals surface area (Å²) in [5, 5.41) is 2.86. The third-order valence-electron chi connectivity index (χ3n) is 3.42. The van der Waals surface area contributed by atoms with Crippen molar-refractivity contribution in [2.24, 2.45) is 0 Å². The van der Waals surface area contributed by atoms with E-state index in [1.165, 1.54) is 0 Å². The van der Waals surface area contributed by atoms with Crippen molar-refractivity contribution in [3.63, 3.8) is 0 Å². The maximum atomic E-state index is 12.1. The monoisotopic (exact) mass is 312 g/mol. The number of nitrogens with one attached hydrogen (secondary N) is 1. The highest BCUT2D eigenvalue weighted by Gasteiger charge is 2.22. The molecule has 0 saturated carbocycles. The minimum absolute atomic E-state index is 0.0794. The Balaban J connectivity index is 2.97. The highest BCUT2D eigenvalue weighted by Crippen LogP contribution is 2.21. The Morgan fingerprint density at radius 2 is 1.81 bits per heavy atom. The van der Waals surface area contributed by atoms with Gasteiger partial charge in [0.15, 0.2) is 0 Å². The number of benzene rings is 1. The van der Waals surface area contributed by atoms with Gasteiger partial charge in [0.1, 0.15) is 6.54 Å². The van der Waals surface area contributed by atoms with Gasteiger partial charge in [-0.25, -0.2) is 8.42 Å². The van der Waals surface area contributed by atoms with Crippen LogP contribution in [0.15, 0.2) is 24.3 Å². The van der Waals surface area contributed by atoms with Crippen LogP contribution in [0.5, 0.6) is 0 Å². The minimum Gasteiger partial charge on any atom is -0.352 e. The first-order valence-electron chi connectivity index (χ1n) is 7.12. The standard InChI is InChI=1S/C15H24N2O3S/c1-5-13(6-2)16-15(18)11-17(21(4,19)20)14-10-8-7-9-12(14)3/h7-10,13H,5-6,11H2,1-4H3,(H,16,18). The molecule has 0 aliphatic heterocycles. The van der Waals surface area contributed by atoms with E-state index in [-0.39, 0.29) is 18.5 Å². The zero-order valence-electron chi connectivity index (χ0n) is 13.1. The molecule has 0 radical (unpaired) electrons. The Labute approximate surface area is 127 Å². The van der Waals surface area contributed by atoms with Crippen LogP contribution in [0.2, 0.25) is 0 Å². The van der Waals surface area contributed by atoms with E-state index in [4.69, 9.17) is 0 Å². The second-order valence-corrected chi connectivity index (χ2v) is 7.04. The van der Waals surface area contributed by atoms with Crippen LogP contribution in [-0.4, -0.2) is 33.2 Å². The van der Waals surface area contributed by atoms with Crippen molar-refractivity contribution in [2.45, 2.75) is 39.7 Å². The first-order valence-corrected chi connectivity index (χ1v) is 8.97. The SMILES string of the molecule is CCC(CC)NC(=O)CN(c1ccccc1C)S(C)(=O)=O. The van der Waals surface area contributed by atoms with E-state index in [0.29, 0.717) is 5.69 Å². The van der Waals surface area contributed by atoms with Crippen molar-refractivity contribution < 1.29 is 13.2 Å². The van der Waals surface area contributed by atoms with Crippen molar-refractivity contribution in [1.29, 1.82) is 0 Å². The molecule has 21 heavy (non-hydrogen) atoms. The molecule has 0 saturated heterocycles. The van der Waals surface area contributed by atoms with E-state index >= 15 is 0 Å². The molecule has 0 spiro atoms. The van der Waals surface area contributed by atoms with E-state index in [0.717, 1.165) is 29.0 Å². The third-order valence-corrected chi connectivity index (χ3v) is 4.55. The molecule has 0 bridgehead atoms. The summed E-state index contributed by atoms with van der Waals surface area (Å²) in [6.45, 7) is 5.61. The van der Waals surface area contributed by atoms with Crippen molar-refractivity contribution in [1.82, 2.24) is 5.32 Å². The fraction of sp³-hybridized carbons (Fsp3) is 0.533. The minimum atomic E-state index is -3.51. The molecule has 0 unspecified atom stereocenters. The molecule has 0 aliphatic rings. The predicted octanol–water partition coefficient (Wildman–Crippen LogP) is 2.07. The van der Waals surface area contributed by atoms with Crippen molar-refractivity contribution in [3.8, 4) is 0 Å². The number of nitrogens with zero attached hydrogens (tertiary/aromatic N) is 1. The Morgan fingerprint density at radius 1 is 1.24 bits per heavy atom. The van der Waals surface area contributed by atoms with Gasteiger partial charge in [-0.1, -0.05) is 32.0 Å². The molecule has 0 aromatic heterocycles. The molecule has 118 valence electrons. The maximum absolute atomic E-state index is 12.1.